The molecule has 0 amide bonds. The highest BCUT2D eigenvalue weighted by atomic mass is 16.5. The molecule has 2 rings (SSSR count). The van der Waals surface area contributed by atoms with Crippen molar-refractivity contribution in [2.75, 3.05) is 6.61 Å². The van der Waals surface area contributed by atoms with Crippen LogP contribution >= 0.6 is 0 Å². The predicted octanol–water partition coefficient (Wildman–Crippen LogP) is 3.30. The summed E-state index contributed by atoms with van der Waals surface area (Å²) in [6, 6.07) is 0. The first-order valence-electron chi connectivity index (χ1n) is 7.88. The summed E-state index contributed by atoms with van der Waals surface area (Å²) in [5, 5.41) is 0. The van der Waals surface area contributed by atoms with Crippen molar-refractivity contribution in [3.8, 4) is 0 Å². The van der Waals surface area contributed by atoms with Crippen molar-refractivity contribution in [1.82, 2.24) is 9.97 Å². The molecule has 1 atom stereocenters. The monoisotopic (exact) mass is 278 g/mol. The zero-order valence-electron chi connectivity index (χ0n) is 12.9. The molecule has 0 spiro atoms. The van der Waals surface area contributed by atoms with Crippen molar-refractivity contribution < 1.29 is 4.74 Å². The summed E-state index contributed by atoms with van der Waals surface area (Å²) >= 11 is 0. The molecule has 4 heteroatoms. The Balaban J connectivity index is 2.33. The van der Waals surface area contributed by atoms with Crippen LogP contribution in [-0.2, 0) is 11.2 Å². The number of aromatic amines is 1. The lowest BCUT2D eigenvalue weighted by atomic mass is 9.85. The molecule has 4 nitrogen and oxygen atoms in total. The topological polar surface area (TPSA) is 55.0 Å². The number of H-pyrrole nitrogens is 1. The second-order valence-electron chi connectivity index (χ2n) is 5.65. The molecule has 1 aromatic rings. The summed E-state index contributed by atoms with van der Waals surface area (Å²) in [5.74, 6) is 1.21. The maximum atomic E-state index is 12.1. The van der Waals surface area contributed by atoms with Gasteiger partial charge in [0.05, 0.1) is 5.69 Å². The van der Waals surface area contributed by atoms with Crippen LogP contribution in [0, 0.1) is 12.8 Å². The van der Waals surface area contributed by atoms with Gasteiger partial charge in [-0.05, 0) is 39.0 Å². The average molecular weight is 278 g/mol. The minimum atomic E-state index is -0.0566. The van der Waals surface area contributed by atoms with Crippen LogP contribution in [0.15, 0.2) is 4.79 Å². The molecule has 0 saturated heterocycles. The molecule has 1 aliphatic carbocycles. The number of nitrogens with zero attached hydrogens (tertiary/aromatic N) is 1. The maximum absolute atomic E-state index is 12.1. The van der Waals surface area contributed by atoms with Gasteiger partial charge in [0.15, 0.2) is 0 Å². The van der Waals surface area contributed by atoms with E-state index in [-0.39, 0.29) is 11.7 Å². The van der Waals surface area contributed by atoms with Crippen molar-refractivity contribution in [2.24, 2.45) is 5.92 Å². The Kier molecular flexibility index (Phi) is 5.35. The van der Waals surface area contributed by atoms with Crippen LogP contribution < -0.4 is 5.56 Å². The first-order valence-corrected chi connectivity index (χ1v) is 7.88. The molecule has 1 heterocycles. The van der Waals surface area contributed by atoms with Crippen LogP contribution in [0.4, 0.5) is 0 Å². The molecule has 1 fully saturated rings. The lowest BCUT2D eigenvalue weighted by Gasteiger charge is -2.29. The minimum absolute atomic E-state index is 0.0210. The van der Waals surface area contributed by atoms with E-state index in [1.54, 1.807) is 0 Å². The van der Waals surface area contributed by atoms with E-state index in [0.29, 0.717) is 12.5 Å². The first kappa shape index (κ1) is 15.2. The smallest absolute Gasteiger partial charge is 0.254 e. The molecule has 1 aromatic heterocycles. The van der Waals surface area contributed by atoms with Gasteiger partial charge >= 0.3 is 0 Å². The van der Waals surface area contributed by atoms with E-state index in [2.05, 4.69) is 9.97 Å². The molecule has 1 N–H and O–H groups in total. The fraction of sp³-hybridized carbons (Fsp3) is 0.750. The van der Waals surface area contributed by atoms with Crippen LogP contribution in [0.25, 0.3) is 0 Å². The van der Waals surface area contributed by atoms with Crippen LogP contribution in [0.1, 0.15) is 69.1 Å². The highest BCUT2D eigenvalue weighted by molar-refractivity contribution is 5.17. The average Bonchev–Trinajstić information content (AvgIpc) is 2.48. The van der Waals surface area contributed by atoms with Gasteiger partial charge in [-0.25, -0.2) is 4.98 Å². The van der Waals surface area contributed by atoms with Crippen molar-refractivity contribution in [1.29, 1.82) is 0 Å². The summed E-state index contributed by atoms with van der Waals surface area (Å²) in [6.45, 7) is 6.53. The molecule has 0 aliphatic heterocycles. The first-order chi connectivity index (χ1) is 9.67. The molecule has 112 valence electrons. The second-order valence-corrected chi connectivity index (χ2v) is 5.65. The van der Waals surface area contributed by atoms with Crippen molar-refractivity contribution in [3.63, 3.8) is 0 Å². The molecule has 20 heavy (non-hydrogen) atoms. The van der Waals surface area contributed by atoms with E-state index in [0.717, 1.165) is 23.5 Å². The Hall–Kier alpha value is -1.16. The number of aryl methyl sites for hydroxylation is 1. The third kappa shape index (κ3) is 3.29. The Bertz CT molecular complexity index is 490. The van der Waals surface area contributed by atoms with Crippen molar-refractivity contribution in [3.05, 3.63) is 27.4 Å². The van der Waals surface area contributed by atoms with Crippen LogP contribution in [0.3, 0.4) is 0 Å². The molecule has 0 aromatic carbocycles. The van der Waals surface area contributed by atoms with E-state index >= 15 is 0 Å². The van der Waals surface area contributed by atoms with E-state index in [1.807, 2.05) is 20.8 Å². The Morgan fingerprint density at radius 3 is 2.60 bits per heavy atom. The molecule has 1 unspecified atom stereocenters. The zero-order chi connectivity index (χ0) is 14.5. The van der Waals surface area contributed by atoms with Gasteiger partial charge in [-0.1, -0.05) is 26.2 Å². The third-order valence-electron chi connectivity index (χ3n) is 4.30. The molecule has 1 saturated carbocycles. The van der Waals surface area contributed by atoms with Gasteiger partial charge in [0, 0.05) is 12.2 Å². The molecule has 0 bridgehead atoms. The van der Waals surface area contributed by atoms with Gasteiger partial charge in [-0.15, -0.1) is 0 Å². The third-order valence-corrected chi connectivity index (χ3v) is 4.30. The molecule has 0 radical (unpaired) electrons. The fourth-order valence-corrected chi connectivity index (χ4v) is 3.13. The Morgan fingerprint density at radius 2 is 2.00 bits per heavy atom. The lowest BCUT2D eigenvalue weighted by Crippen LogP contribution is -2.26. The standard InChI is InChI=1S/C16H26N2O2/c1-4-13-11(3)16(19)18-15(17-13)14(20-5-2)12-9-7-6-8-10-12/h12,14H,4-10H2,1-3H3,(H,17,18,19). The lowest BCUT2D eigenvalue weighted by molar-refractivity contribution is -0.000494. The van der Waals surface area contributed by atoms with Gasteiger partial charge in [0.2, 0.25) is 0 Å². The normalized spacial score (nSPS) is 18.1. The SMILES string of the molecule is CCOC(c1nc(CC)c(C)c(=O)[nH]1)C1CCCCC1. The largest absolute Gasteiger partial charge is 0.370 e. The summed E-state index contributed by atoms with van der Waals surface area (Å²) < 4.78 is 5.93. The number of ether oxygens (including phenoxy) is 1. The molecular formula is C16H26N2O2. The Morgan fingerprint density at radius 1 is 1.30 bits per heavy atom. The van der Waals surface area contributed by atoms with Crippen molar-refractivity contribution in [2.45, 2.75) is 65.4 Å². The van der Waals surface area contributed by atoms with Crippen molar-refractivity contribution >= 4 is 0 Å². The van der Waals surface area contributed by atoms with Crippen LogP contribution in [0.2, 0.25) is 0 Å². The van der Waals surface area contributed by atoms with Crippen LogP contribution in [0.5, 0.6) is 0 Å². The summed E-state index contributed by atoms with van der Waals surface area (Å²) in [6.07, 6.45) is 6.89. The predicted molar refractivity (Wildman–Crippen MR) is 79.9 cm³/mol. The van der Waals surface area contributed by atoms with E-state index in [9.17, 15) is 4.79 Å². The summed E-state index contributed by atoms with van der Waals surface area (Å²) in [5.41, 5.74) is 1.60. The fourth-order valence-electron chi connectivity index (χ4n) is 3.13. The van der Waals surface area contributed by atoms with Crippen LogP contribution in [-0.4, -0.2) is 16.6 Å². The number of rotatable bonds is 5. The highest BCUT2D eigenvalue weighted by Crippen LogP contribution is 2.35. The second kappa shape index (κ2) is 7.02. The summed E-state index contributed by atoms with van der Waals surface area (Å²) in [4.78, 5) is 19.7. The van der Waals surface area contributed by atoms with E-state index in [4.69, 9.17) is 4.74 Å². The summed E-state index contributed by atoms with van der Waals surface area (Å²) in [7, 11) is 0. The van der Waals surface area contributed by atoms with E-state index in [1.165, 1.54) is 32.1 Å². The number of aromatic nitrogens is 2. The van der Waals surface area contributed by atoms with E-state index < -0.39 is 0 Å². The van der Waals surface area contributed by atoms with Gasteiger partial charge < -0.3 is 9.72 Å². The Labute approximate surface area is 121 Å². The molecular weight excluding hydrogens is 252 g/mol. The molecule has 1 aliphatic rings. The minimum Gasteiger partial charge on any atom is -0.370 e. The zero-order valence-corrected chi connectivity index (χ0v) is 12.9. The highest BCUT2D eigenvalue weighted by Gasteiger charge is 2.28. The van der Waals surface area contributed by atoms with Gasteiger partial charge in [-0.3, -0.25) is 4.79 Å². The van der Waals surface area contributed by atoms with Gasteiger partial charge in [0.1, 0.15) is 11.9 Å². The maximum Gasteiger partial charge on any atom is 0.254 e. The quantitative estimate of drug-likeness (QED) is 0.899. The van der Waals surface area contributed by atoms with Gasteiger partial charge in [0.25, 0.3) is 5.56 Å². The number of hydrogen-bond acceptors (Lipinski definition) is 3. The number of nitrogens with one attached hydrogen (secondary N) is 1. The number of hydrogen-bond donors (Lipinski definition) is 1. The van der Waals surface area contributed by atoms with Gasteiger partial charge in [-0.2, -0.15) is 0 Å².